The minimum atomic E-state index is -4.85. The van der Waals surface area contributed by atoms with Crippen LogP contribution in [0.15, 0.2) is 48.5 Å². The molecule has 0 spiro atoms. The molecule has 152 valence electrons. The highest BCUT2D eigenvalue weighted by Crippen LogP contribution is 2.31. The second kappa shape index (κ2) is 7.82. The first-order valence-electron chi connectivity index (χ1n) is 8.52. The van der Waals surface area contributed by atoms with E-state index in [1.165, 1.54) is 41.3 Å². The Kier molecular flexibility index (Phi) is 5.44. The van der Waals surface area contributed by atoms with E-state index in [2.05, 4.69) is 10.1 Å². The number of amides is 3. The van der Waals surface area contributed by atoms with Crippen molar-refractivity contribution in [1.29, 1.82) is 0 Å². The molecule has 0 unspecified atom stereocenters. The van der Waals surface area contributed by atoms with Crippen LogP contribution in [0.3, 0.4) is 0 Å². The van der Waals surface area contributed by atoms with E-state index in [0.717, 1.165) is 12.1 Å². The first kappa shape index (κ1) is 20.2. The molecule has 0 aromatic heterocycles. The van der Waals surface area contributed by atoms with Gasteiger partial charge in [-0.15, -0.1) is 13.2 Å². The highest BCUT2D eigenvalue weighted by atomic mass is 19.4. The Hall–Kier alpha value is -3.56. The van der Waals surface area contributed by atoms with Crippen LogP contribution in [-0.2, 0) is 9.59 Å². The maximum atomic E-state index is 12.6. The number of hydrogen-bond donors (Lipinski definition) is 2. The van der Waals surface area contributed by atoms with Gasteiger partial charge in [-0.25, -0.2) is 0 Å². The van der Waals surface area contributed by atoms with Crippen LogP contribution >= 0.6 is 0 Å². The van der Waals surface area contributed by atoms with E-state index in [-0.39, 0.29) is 24.2 Å². The topological polar surface area (TPSA) is 102 Å². The van der Waals surface area contributed by atoms with Gasteiger partial charge in [0.05, 0.1) is 0 Å². The minimum absolute atomic E-state index is 0.174. The molecular weight excluding hydrogens is 391 g/mol. The van der Waals surface area contributed by atoms with Crippen molar-refractivity contribution in [3.05, 3.63) is 54.1 Å². The second-order valence-electron chi connectivity index (χ2n) is 6.31. The number of carbonyl (C=O) groups excluding carboxylic acids is 3. The van der Waals surface area contributed by atoms with Gasteiger partial charge in [-0.05, 0) is 42.8 Å². The number of halogens is 3. The molecule has 3 rings (SSSR count). The van der Waals surface area contributed by atoms with Crippen molar-refractivity contribution in [2.24, 2.45) is 11.7 Å². The quantitative estimate of drug-likeness (QED) is 0.744. The Morgan fingerprint density at radius 3 is 2.45 bits per heavy atom. The molecule has 29 heavy (non-hydrogen) atoms. The molecule has 0 radical (unpaired) electrons. The largest absolute Gasteiger partial charge is 0.573 e. The maximum Gasteiger partial charge on any atom is 0.573 e. The Labute approximate surface area is 163 Å². The zero-order valence-electron chi connectivity index (χ0n) is 14.9. The van der Waals surface area contributed by atoms with Crippen LogP contribution < -0.4 is 20.7 Å². The minimum Gasteiger partial charge on any atom is -0.406 e. The second-order valence-corrected chi connectivity index (χ2v) is 6.31. The number of hydrogen-bond acceptors (Lipinski definition) is 4. The molecule has 1 saturated heterocycles. The molecule has 2 aromatic carbocycles. The van der Waals surface area contributed by atoms with Gasteiger partial charge in [0.1, 0.15) is 11.7 Å². The van der Waals surface area contributed by atoms with Gasteiger partial charge in [-0.1, -0.05) is 6.07 Å². The van der Waals surface area contributed by atoms with Crippen LogP contribution in [-0.4, -0.2) is 30.6 Å². The van der Waals surface area contributed by atoms with Crippen LogP contribution in [0, 0.1) is 5.92 Å². The van der Waals surface area contributed by atoms with Gasteiger partial charge in [0.2, 0.25) is 17.7 Å². The van der Waals surface area contributed by atoms with Crippen LogP contribution in [0.25, 0.3) is 0 Å². The van der Waals surface area contributed by atoms with E-state index in [0.29, 0.717) is 5.69 Å². The number of ether oxygens (including phenoxy) is 1. The SMILES string of the molecule is NC(=O)c1ccc(NC(=O)[C@H]2CCN(c3cccc(OC(F)(F)F)c3)C2=O)cc1. The molecule has 1 aliphatic rings. The van der Waals surface area contributed by atoms with Crippen molar-refractivity contribution in [1.82, 2.24) is 0 Å². The third-order valence-electron chi connectivity index (χ3n) is 4.32. The monoisotopic (exact) mass is 407 g/mol. The van der Waals surface area contributed by atoms with Crippen molar-refractivity contribution in [2.45, 2.75) is 12.8 Å². The summed E-state index contributed by atoms with van der Waals surface area (Å²) < 4.78 is 41.0. The van der Waals surface area contributed by atoms with Crippen LogP contribution in [0.5, 0.6) is 5.75 Å². The van der Waals surface area contributed by atoms with E-state index < -0.39 is 35.8 Å². The molecule has 1 atom stereocenters. The summed E-state index contributed by atoms with van der Waals surface area (Å²) in [6.45, 7) is 0.174. The zero-order valence-corrected chi connectivity index (χ0v) is 14.9. The number of carbonyl (C=O) groups is 3. The lowest BCUT2D eigenvalue weighted by Crippen LogP contribution is -2.33. The summed E-state index contributed by atoms with van der Waals surface area (Å²) in [5.74, 6) is -3.13. The van der Waals surface area contributed by atoms with Crippen LogP contribution in [0.1, 0.15) is 16.8 Å². The number of nitrogens with two attached hydrogens (primary N) is 1. The van der Waals surface area contributed by atoms with Crippen molar-refractivity contribution >= 4 is 29.1 Å². The molecule has 0 bridgehead atoms. The smallest absolute Gasteiger partial charge is 0.406 e. The molecule has 2 aromatic rings. The van der Waals surface area contributed by atoms with Gasteiger partial charge < -0.3 is 20.7 Å². The lowest BCUT2D eigenvalue weighted by molar-refractivity contribution is -0.274. The molecule has 3 amide bonds. The summed E-state index contributed by atoms with van der Waals surface area (Å²) in [4.78, 5) is 37.4. The number of nitrogens with zero attached hydrogens (tertiary/aromatic N) is 1. The van der Waals surface area contributed by atoms with Gasteiger partial charge in [-0.2, -0.15) is 0 Å². The number of benzene rings is 2. The molecule has 0 aliphatic carbocycles. The normalized spacial score (nSPS) is 16.6. The third-order valence-corrected chi connectivity index (χ3v) is 4.32. The summed E-state index contributed by atoms with van der Waals surface area (Å²) >= 11 is 0. The standard InChI is InChI=1S/C19H16F3N3O4/c20-19(21,22)29-14-3-1-2-13(10-14)25-9-8-15(18(25)28)17(27)24-12-6-4-11(5-7-12)16(23)26/h1-7,10,15H,8-9H2,(H2,23,26)(H,24,27)/t15-/m1/s1. The average Bonchev–Trinajstić information content (AvgIpc) is 3.02. The fraction of sp³-hybridized carbons (Fsp3) is 0.211. The van der Waals surface area contributed by atoms with Gasteiger partial charge >= 0.3 is 6.36 Å². The molecule has 1 aliphatic heterocycles. The Bertz CT molecular complexity index is 944. The number of nitrogens with one attached hydrogen (secondary N) is 1. The van der Waals surface area contributed by atoms with Gasteiger partial charge in [-0.3, -0.25) is 14.4 Å². The fourth-order valence-electron chi connectivity index (χ4n) is 2.98. The first-order valence-corrected chi connectivity index (χ1v) is 8.52. The van der Waals surface area contributed by atoms with Crippen LogP contribution in [0.2, 0.25) is 0 Å². The van der Waals surface area contributed by atoms with E-state index in [9.17, 15) is 27.6 Å². The summed E-state index contributed by atoms with van der Waals surface area (Å²) in [5.41, 5.74) is 6.01. The maximum absolute atomic E-state index is 12.6. The predicted octanol–water partition coefficient (Wildman–Crippen LogP) is 2.68. The fourth-order valence-corrected chi connectivity index (χ4v) is 2.98. The number of alkyl halides is 3. The van der Waals surface area contributed by atoms with Gasteiger partial charge in [0.25, 0.3) is 0 Å². The summed E-state index contributed by atoms with van der Waals surface area (Å²) in [5, 5.41) is 2.58. The predicted molar refractivity (Wildman–Crippen MR) is 97.2 cm³/mol. The lowest BCUT2D eigenvalue weighted by Gasteiger charge is -2.18. The lowest BCUT2D eigenvalue weighted by atomic mass is 10.1. The molecule has 1 heterocycles. The summed E-state index contributed by atoms with van der Waals surface area (Å²) in [6, 6.07) is 10.8. The molecule has 0 saturated carbocycles. The molecule has 7 nitrogen and oxygen atoms in total. The highest BCUT2D eigenvalue weighted by molar-refractivity contribution is 6.13. The van der Waals surface area contributed by atoms with E-state index >= 15 is 0 Å². The first-order chi connectivity index (χ1) is 13.6. The summed E-state index contributed by atoms with van der Waals surface area (Å²) in [7, 11) is 0. The van der Waals surface area contributed by atoms with E-state index in [1.807, 2.05) is 0 Å². The Balaban J connectivity index is 1.68. The number of primary amides is 1. The zero-order chi connectivity index (χ0) is 21.2. The number of anilines is 2. The third kappa shape index (κ3) is 4.84. The number of rotatable bonds is 5. The average molecular weight is 407 g/mol. The van der Waals surface area contributed by atoms with Gasteiger partial charge in [0, 0.05) is 29.5 Å². The van der Waals surface area contributed by atoms with E-state index in [1.54, 1.807) is 0 Å². The van der Waals surface area contributed by atoms with Crippen molar-refractivity contribution in [2.75, 3.05) is 16.8 Å². The molecular formula is C19H16F3N3O4. The molecule has 1 fully saturated rings. The Morgan fingerprint density at radius 2 is 1.83 bits per heavy atom. The van der Waals surface area contributed by atoms with Crippen LogP contribution in [0.4, 0.5) is 24.5 Å². The summed E-state index contributed by atoms with van der Waals surface area (Å²) in [6.07, 6.45) is -4.64. The van der Waals surface area contributed by atoms with Crippen molar-refractivity contribution < 1.29 is 32.3 Å². The highest BCUT2D eigenvalue weighted by Gasteiger charge is 2.38. The molecule has 10 heteroatoms. The van der Waals surface area contributed by atoms with Crippen molar-refractivity contribution in [3.8, 4) is 5.75 Å². The molecule has 3 N–H and O–H groups in total. The van der Waals surface area contributed by atoms with E-state index in [4.69, 9.17) is 5.73 Å². The Morgan fingerprint density at radius 1 is 1.14 bits per heavy atom. The van der Waals surface area contributed by atoms with Crippen molar-refractivity contribution in [3.63, 3.8) is 0 Å². The van der Waals surface area contributed by atoms with Gasteiger partial charge in [0.15, 0.2) is 0 Å².